The SMILES string of the molecule is CCNC(=NCc1ccc2c(c1)OCO2)NCCCCCC(=O)OC. The molecule has 25 heavy (non-hydrogen) atoms. The summed E-state index contributed by atoms with van der Waals surface area (Å²) in [5, 5.41) is 6.54. The van der Waals surface area contributed by atoms with Crippen molar-refractivity contribution in [3.05, 3.63) is 23.8 Å². The van der Waals surface area contributed by atoms with Crippen molar-refractivity contribution >= 4 is 11.9 Å². The van der Waals surface area contributed by atoms with Crippen LogP contribution in [0.5, 0.6) is 11.5 Å². The molecule has 0 aromatic heterocycles. The maximum atomic E-state index is 11.0. The zero-order valence-corrected chi connectivity index (χ0v) is 15.0. The molecule has 1 aromatic rings. The summed E-state index contributed by atoms with van der Waals surface area (Å²) in [5.41, 5.74) is 1.07. The molecule has 138 valence electrons. The summed E-state index contributed by atoms with van der Waals surface area (Å²) in [4.78, 5) is 15.6. The van der Waals surface area contributed by atoms with Gasteiger partial charge in [0, 0.05) is 19.5 Å². The molecule has 7 heteroatoms. The molecule has 1 aliphatic heterocycles. The van der Waals surface area contributed by atoms with Gasteiger partial charge in [-0.25, -0.2) is 4.99 Å². The van der Waals surface area contributed by atoms with Crippen molar-refractivity contribution in [2.24, 2.45) is 4.99 Å². The fourth-order valence-electron chi connectivity index (χ4n) is 2.43. The van der Waals surface area contributed by atoms with Crippen LogP contribution in [0, 0.1) is 0 Å². The van der Waals surface area contributed by atoms with E-state index in [0.29, 0.717) is 13.0 Å². The van der Waals surface area contributed by atoms with E-state index in [1.54, 1.807) is 0 Å². The first-order valence-corrected chi connectivity index (χ1v) is 8.70. The second kappa shape index (κ2) is 10.4. The average Bonchev–Trinajstić information content (AvgIpc) is 3.09. The van der Waals surface area contributed by atoms with E-state index in [1.165, 1.54) is 7.11 Å². The van der Waals surface area contributed by atoms with Crippen molar-refractivity contribution in [3.8, 4) is 11.5 Å². The fourth-order valence-corrected chi connectivity index (χ4v) is 2.43. The molecule has 1 aromatic carbocycles. The number of benzene rings is 1. The predicted octanol–water partition coefficient (Wildman–Crippen LogP) is 2.20. The van der Waals surface area contributed by atoms with E-state index in [0.717, 1.165) is 55.4 Å². The molecular formula is C18H27N3O4. The molecule has 0 saturated heterocycles. The first-order chi connectivity index (χ1) is 12.2. The van der Waals surface area contributed by atoms with Crippen molar-refractivity contribution < 1.29 is 19.0 Å². The van der Waals surface area contributed by atoms with Crippen LogP contribution in [-0.2, 0) is 16.1 Å². The number of carbonyl (C=O) groups is 1. The Morgan fingerprint density at radius 1 is 1.20 bits per heavy atom. The second-order valence-electron chi connectivity index (χ2n) is 5.70. The largest absolute Gasteiger partial charge is 0.469 e. The maximum Gasteiger partial charge on any atom is 0.305 e. The van der Waals surface area contributed by atoms with Crippen molar-refractivity contribution in [2.75, 3.05) is 27.0 Å². The van der Waals surface area contributed by atoms with Crippen LogP contribution in [0.3, 0.4) is 0 Å². The molecule has 0 radical (unpaired) electrons. The number of fused-ring (bicyclic) bond motifs is 1. The number of carbonyl (C=O) groups excluding carboxylic acids is 1. The minimum atomic E-state index is -0.147. The van der Waals surface area contributed by atoms with Crippen molar-refractivity contribution in [3.63, 3.8) is 0 Å². The van der Waals surface area contributed by atoms with E-state index in [9.17, 15) is 4.79 Å². The van der Waals surface area contributed by atoms with E-state index < -0.39 is 0 Å². The lowest BCUT2D eigenvalue weighted by Crippen LogP contribution is -2.37. The van der Waals surface area contributed by atoms with Crippen LogP contribution in [-0.4, -0.2) is 38.9 Å². The average molecular weight is 349 g/mol. The summed E-state index contributed by atoms with van der Waals surface area (Å²) < 4.78 is 15.3. The minimum absolute atomic E-state index is 0.147. The van der Waals surface area contributed by atoms with Gasteiger partial charge < -0.3 is 24.8 Å². The lowest BCUT2D eigenvalue weighted by Gasteiger charge is -2.11. The molecule has 0 saturated carbocycles. The van der Waals surface area contributed by atoms with E-state index in [2.05, 4.69) is 20.4 Å². The van der Waals surface area contributed by atoms with Crippen LogP contribution in [0.4, 0.5) is 0 Å². The molecule has 2 N–H and O–H groups in total. The van der Waals surface area contributed by atoms with Gasteiger partial charge in [0.05, 0.1) is 13.7 Å². The summed E-state index contributed by atoms with van der Waals surface area (Å²) in [6, 6.07) is 5.87. The Labute approximate surface area is 148 Å². The number of guanidine groups is 1. The molecule has 0 fully saturated rings. The number of unbranched alkanes of at least 4 members (excludes halogenated alkanes) is 2. The number of nitrogens with zero attached hydrogens (tertiary/aromatic N) is 1. The standard InChI is InChI=1S/C18H27N3O4/c1-3-19-18(20-10-6-4-5-7-17(22)23-2)21-12-14-8-9-15-16(11-14)25-13-24-15/h8-9,11H,3-7,10,12-13H2,1-2H3,(H2,19,20,21). The van der Waals surface area contributed by atoms with Gasteiger partial charge in [0.1, 0.15) is 0 Å². The molecule has 0 amide bonds. The first kappa shape index (κ1) is 18.9. The lowest BCUT2D eigenvalue weighted by atomic mass is 10.2. The Balaban J connectivity index is 1.73. The van der Waals surface area contributed by atoms with Gasteiger partial charge in [-0.15, -0.1) is 0 Å². The number of esters is 1. The smallest absolute Gasteiger partial charge is 0.305 e. The van der Waals surface area contributed by atoms with Gasteiger partial charge in [0.15, 0.2) is 17.5 Å². The monoisotopic (exact) mass is 349 g/mol. The normalized spacial score (nSPS) is 12.8. The Kier molecular flexibility index (Phi) is 7.88. The first-order valence-electron chi connectivity index (χ1n) is 8.70. The van der Waals surface area contributed by atoms with Gasteiger partial charge in [0.2, 0.25) is 6.79 Å². The highest BCUT2D eigenvalue weighted by Gasteiger charge is 2.12. The summed E-state index contributed by atoms with van der Waals surface area (Å²) in [5.74, 6) is 2.20. The number of rotatable bonds is 9. The van der Waals surface area contributed by atoms with Gasteiger partial charge in [-0.2, -0.15) is 0 Å². The third kappa shape index (κ3) is 6.52. The zero-order valence-electron chi connectivity index (χ0n) is 15.0. The van der Waals surface area contributed by atoms with Gasteiger partial charge in [-0.3, -0.25) is 4.79 Å². The predicted molar refractivity (Wildman–Crippen MR) is 95.9 cm³/mol. The van der Waals surface area contributed by atoms with Gasteiger partial charge in [-0.1, -0.05) is 12.5 Å². The summed E-state index contributed by atoms with van der Waals surface area (Å²) in [6.07, 6.45) is 3.28. The Morgan fingerprint density at radius 2 is 2.04 bits per heavy atom. The number of hydrogen-bond donors (Lipinski definition) is 2. The quantitative estimate of drug-likeness (QED) is 0.308. The molecule has 0 spiro atoms. The Hall–Kier alpha value is -2.44. The van der Waals surface area contributed by atoms with Gasteiger partial charge in [-0.05, 0) is 37.5 Å². The van der Waals surface area contributed by atoms with Gasteiger partial charge >= 0.3 is 5.97 Å². The van der Waals surface area contributed by atoms with Crippen molar-refractivity contribution in [2.45, 2.75) is 39.2 Å². The van der Waals surface area contributed by atoms with Crippen LogP contribution < -0.4 is 20.1 Å². The Bertz CT molecular complexity index is 590. The third-order valence-corrected chi connectivity index (χ3v) is 3.78. The van der Waals surface area contributed by atoms with Crippen LogP contribution >= 0.6 is 0 Å². The van der Waals surface area contributed by atoms with Gasteiger partial charge in [0.25, 0.3) is 0 Å². The molecule has 0 bridgehead atoms. The number of aliphatic imine (C=N–C) groups is 1. The number of methoxy groups -OCH3 is 1. The zero-order chi connectivity index (χ0) is 17.9. The molecule has 0 unspecified atom stereocenters. The number of ether oxygens (including phenoxy) is 3. The van der Waals surface area contributed by atoms with Crippen LogP contribution in [0.15, 0.2) is 23.2 Å². The Morgan fingerprint density at radius 3 is 2.84 bits per heavy atom. The molecule has 0 atom stereocenters. The summed E-state index contributed by atoms with van der Waals surface area (Å²) >= 11 is 0. The van der Waals surface area contributed by atoms with E-state index in [4.69, 9.17) is 9.47 Å². The summed E-state index contributed by atoms with van der Waals surface area (Å²) in [6.45, 7) is 4.49. The van der Waals surface area contributed by atoms with E-state index >= 15 is 0 Å². The number of hydrogen-bond acceptors (Lipinski definition) is 5. The number of nitrogens with one attached hydrogen (secondary N) is 2. The molecule has 7 nitrogen and oxygen atoms in total. The highest BCUT2D eigenvalue weighted by Crippen LogP contribution is 2.32. The fraction of sp³-hybridized carbons (Fsp3) is 0.556. The minimum Gasteiger partial charge on any atom is -0.469 e. The van der Waals surface area contributed by atoms with E-state index in [-0.39, 0.29) is 12.8 Å². The van der Waals surface area contributed by atoms with Crippen LogP contribution in [0.2, 0.25) is 0 Å². The van der Waals surface area contributed by atoms with E-state index in [1.807, 2.05) is 25.1 Å². The molecule has 1 aliphatic rings. The third-order valence-electron chi connectivity index (χ3n) is 3.78. The highest BCUT2D eigenvalue weighted by atomic mass is 16.7. The molecule has 0 aliphatic carbocycles. The second-order valence-corrected chi connectivity index (χ2v) is 5.70. The summed E-state index contributed by atoms with van der Waals surface area (Å²) in [7, 11) is 1.42. The molecular weight excluding hydrogens is 322 g/mol. The highest BCUT2D eigenvalue weighted by molar-refractivity contribution is 5.79. The van der Waals surface area contributed by atoms with Crippen molar-refractivity contribution in [1.82, 2.24) is 10.6 Å². The molecule has 2 rings (SSSR count). The molecule has 1 heterocycles. The topological polar surface area (TPSA) is 81.2 Å². The van der Waals surface area contributed by atoms with Crippen molar-refractivity contribution in [1.29, 1.82) is 0 Å². The van der Waals surface area contributed by atoms with Crippen LogP contribution in [0.25, 0.3) is 0 Å². The van der Waals surface area contributed by atoms with Crippen LogP contribution in [0.1, 0.15) is 38.2 Å². The maximum absolute atomic E-state index is 11.0. The lowest BCUT2D eigenvalue weighted by molar-refractivity contribution is -0.140.